The van der Waals surface area contributed by atoms with E-state index in [1.54, 1.807) is 7.05 Å². The molecule has 0 aliphatic carbocycles. The zero-order valence-corrected chi connectivity index (χ0v) is 10.8. The number of carbonyl (C=O) groups excluding carboxylic acids is 2. The monoisotopic (exact) mass is 241 g/mol. The molecule has 0 aromatic carbocycles. The summed E-state index contributed by atoms with van der Waals surface area (Å²) in [5.74, 6) is 0.202. The summed E-state index contributed by atoms with van der Waals surface area (Å²) >= 11 is 0. The van der Waals surface area contributed by atoms with Crippen molar-refractivity contribution in [1.82, 2.24) is 15.5 Å². The van der Waals surface area contributed by atoms with Gasteiger partial charge in [-0.25, -0.2) is 0 Å². The largest absolute Gasteiger partial charge is 0.359 e. The minimum Gasteiger partial charge on any atom is -0.359 e. The van der Waals surface area contributed by atoms with Crippen molar-refractivity contribution in [3.05, 3.63) is 0 Å². The fourth-order valence-corrected chi connectivity index (χ4v) is 2.20. The third kappa shape index (κ3) is 4.34. The molecule has 1 aliphatic heterocycles. The molecule has 0 radical (unpaired) electrons. The van der Waals surface area contributed by atoms with Crippen molar-refractivity contribution in [3.63, 3.8) is 0 Å². The molecule has 5 heteroatoms. The summed E-state index contributed by atoms with van der Waals surface area (Å²) in [5, 5.41) is 5.69. The quantitative estimate of drug-likeness (QED) is 0.665. The molecule has 0 aromatic rings. The lowest BCUT2D eigenvalue weighted by Gasteiger charge is -2.31. The highest BCUT2D eigenvalue weighted by Crippen LogP contribution is 2.17. The first-order chi connectivity index (χ1) is 8.19. The maximum Gasteiger partial charge on any atom is 0.224 e. The van der Waals surface area contributed by atoms with Crippen LogP contribution in [0.4, 0.5) is 0 Å². The Morgan fingerprint density at radius 1 is 1.35 bits per heavy atom. The van der Waals surface area contributed by atoms with Gasteiger partial charge < -0.3 is 15.5 Å². The van der Waals surface area contributed by atoms with Crippen LogP contribution in [0.25, 0.3) is 0 Å². The van der Waals surface area contributed by atoms with E-state index in [1.165, 1.54) is 0 Å². The first-order valence-corrected chi connectivity index (χ1v) is 6.33. The van der Waals surface area contributed by atoms with Crippen LogP contribution in [0.1, 0.15) is 25.7 Å². The second-order valence-electron chi connectivity index (χ2n) is 4.50. The van der Waals surface area contributed by atoms with Gasteiger partial charge in [0.2, 0.25) is 11.8 Å². The number of rotatable bonds is 5. The number of hydrogen-bond donors (Lipinski definition) is 2. The number of amides is 2. The molecule has 5 nitrogen and oxygen atoms in total. The van der Waals surface area contributed by atoms with E-state index < -0.39 is 0 Å². The van der Waals surface area contributed by atoms with E-state index in [-0.39, 0.29) is 17.7 Å². The summed E-state index contributed by atoms with van der Waals surface area (Å²) in [6, 6.07) is 0. The molecule has 1 heterocycles. The fraction of sp³-hybridized carbons (Fsp3) is 0.833. The van der Waals surface area contributed by atoms with Gasteiger partial charge in [0.1, 0.15) is 0 Å². The van der Waals surface area contributed by atoms with Crippen molar-refractivity contribution in [1.29, 1.82) is 0 Å². The highest BCUT2D eigenvalue weighted by atomic mass is 16.2. The van der Waals surface area contributed by atoms with E-state index in [0.717, 1.165) is 32.4 Å². The van der Waals surface area contributed by atoms with Crippen LogP contribution in [0, 0.1) is 5.92 Å². The van der Waals surface area contributed by atoms with Crippen LogP contribution in [0.5, 0.6) is 0 Å². The zero-order valence-electron chi connectivity index (χ0n) is 10.8. The minimum absolute atomic E-state index is 0.0259. The maximum atomic E-state index is 11.9. The predicted octanol–water partition coefficient (Wildman–Crippen LogP) is -0.0294. The summed E-state index contributed by atoms with van der Waals surface area (Å²) in [7, 11) is 3.53. The van der Waals surface area contributed by atoms with Crippen molar-refractivity contribution in [3.8, 4) is 0 Å². The van der Waals surface area contributed by atoms with Gasteiger partial charge in [0.15, 0.2) is 0 Å². The van der Waals surface area contributed by atoms with Crippen LogP contribution in [-0.2, 0) is 9.59 Å². The first-order valence-electron chi connectivity index (χ1n) is 6.33. The van der Waals surface area contributed by atoms with Crippen molar-refractivity contribution in [2.45, 2.75) is 25.7 Å². The molecular weight excluding hydrogens is 218 g/mol. The second kappa shape index (κ2) is 7.27. The van der Waals surface area contributed by atoms with E-state index in [9.17, 15) is 9.59 Å². The molecular formula is C12H23N3O2. The summed E-state index contributed by atoms with van der Waals surface area (Å²) in [6.45, 7) is 2.24. The number of hydrogen-bond acceptors (Lipinski definition) is 3. The lowest BCUT2D eigenvalue weighted by Crippen LogP contribution is -2.44. The third-order valence-electron chi connectivity index (χ3n) is 3.21. The van der Waals surface area contributed by atoms with Gasteiger partial charge in [-0.1, -0.05) is 0 Å². The maximum absolute atomic E-state index is 11.9. The molecule has 1 atom stereocenters. The number of nitrogens with zero attached hydrogens (tertiary/aromatic N) is 1. The molecule has 2 amide bonds. The van der Waals surface area contributed by atoms with Gasteiger partial charge in [-0.2, -0.15) is 0 Å². The van der Waals surface area contributed by atoms with E-state index in [2.05, 4.69) is 10.6 Å². The highest BCUT2D eigenvalue weighted by molar-refractivity contribution is 5.81. The standard InChI is InChI=1S/C12H23N3O2/c1-13-7-3-6-11(16)15-8-4-5-10(9-15)12(17)14-2/h10,13H,3-9H2,1-2H3,(H,14,17). The van der Waals surface area contributed by atoms with E-state index in [4.69, 9.17) is 0 Å². The molecule has 0 bridgehead atoms. The Balaban J connectivity index is 2.37. The van der Waals surface area contributed by atoms with Gasteiger partial charge in [-0.3, -0.25) is 9.59 Å². The molecule has 0 spiro atoms. The van der Waals surface area contributed by atoms with E-state index in [1.807, 2.05) is 11.9 Å². The van der Waals surface area contributed by atoms with Crippen molar-refractivity contribution in [2.24, 2.45) is 5.92 Å². The Kier molecular flexibility index (Phi) is 5.97. The predicted molar refractivity (Wildman–Crippen MR) is 66.5 cm³/mol. The van der Waals surface area contributed by atoms with Gasteiger partial charge in [-0.15, -0.1) is 0 Å². The summed E-state index contributed by atoms with van der Waals surface area (Å²) in [6.07, 6.45) is 3.24. The first kappa shape index (κ1) is 14.0. The molecule has 0 saturated carbocycles. The Bertz CT molecular complexity index is 268. The van der Waals surface area contributed by atoms with Crippen molar-refractivity contribution < 1.29 is 9.59 Å². The summed E-state index contributed by atoms with van der Waals surface area (Å²) < 4.78 is 0. The average Bonchev–Trinajstić information content (AvgIpc) is 2.38. The lowest BCUT2D eigenvalue weighted by molar-refractivity contribution is -0.135. The smallest absolute Gasteiger partial charge is 0.224 e. The van der Waals surface area contributed by atoms with Crippen LogP contribution in [0.2, 0.25) is 0 Å². The van der Waals surface area contributed by atoms with Crippen LogP contribution < -0.4 is 10.6 Å². The molecule has 0 aromatic heterocycles. The Hall–Kier alpha value is -1.10. The van der Waals surface area contributed by atoms with E-state index >= 15 is 0 Å². The van der Waals surface area contributed by atoms with Crippen LogP contribution in [0.3, 0.4) is 0 Å². The normalized spacial score (nSPS) is 20.1. The molecule has 1 rings (SSSR count). The van der Waals surface area contributed by atoms with Gasteiger partial charge >= 0.3 is 0 Å². The van der Waals surface area contributed by atoms with Crippen LogP contribution >= 0.6 is 0 Å². The van der Waals surface area contributed by atoms with Crippen LogP contribution in [0.15, 0.2) is 0 Å². The molecule has 1 unspecified atom stereocenters. The minimum atomic E-state index is -0.0259. The van der Waals surface area contributed by atoms with Gasteiger partial charge in [0.05, 0.1) is 5.92 Å². The number of carbonyl (C=O) groups is 2. The Morgan fingerprint density at radius 3 is 2.76 bits per heavy atom. The second-order valence-corrected chi connectivity index (χ2v) is 4.50. The summed E-state index contributed by atoms with van der Waals surface area (Å²) in [4.78, 5) is 25.3. The van der Waals surface area contributed by atoms with Gasteiger partial charge in [0, 0.05) is 26.6 Å². The highest BCUT2D eigenvalue weighted by Gasteiger charge is 2.27. The number of likely N-dealkylation sites (tertiary alicyclic amines) is 1. The lowest BCUT2D eigenvalue weighted by atomic mass is 9.97. The zero-order chi connectivity index (χ0) is 12.7. The summed E-state index contributed by atoms with van der Waals surface area (Å²) in [5.41, 5.74) is 0. The topological polar surface area (TPSA) is 61.4 Å². The Labute approximate surface area is 103 Å². The molecule has 2 N–H and O–H groups in total. The molecule has 17 heavy (non-hydrogen) atoms. The Morgan fingerprint density at radius 2 is 2.12 bits per heavy atom. The molecule has 1 fully saturated rings. The van der Waals surface area contributed by atoms with Gasteiger partial charge in [0.25, 0.3) is 0 Å². The number of piperidine rings is 1. The average molecular weight is 241 g/mol. The van der Waals surface area contributed by atoms with Crippen LogP contribution in [-0.4, -0.2) is 50.4 Å². The molecule has 1 saturated heterocycles. The molecule has 1 aliphatic rings. The van der Waals surface area contributed by atoms with Crippen molar-refractivity contribution in [2.75, 3.05) is 33.7 Å². The van der Waals surface area contributed by atoms with E-state index in [0.29, 0.717) is 13.0 Å². The SMILES string of the molecule is CNCCCC(=O)N1CCCC(C(=O)NC)C1. The number of nitrogens with one attached hydrogen (secondary N) is 2. The fourth-order valence-electron chi connectivity index (χ4n) is 2.20. The third-order valence-corrected chi connectivity index (χ3v) is 3.21. The van der Waals surface area contributed by atoms with Gasteiger partial charge in [-0.05, 0) is 32.9 Å². The van der Waals surface area contributed by atoms with Crippen molar-refractivity contribution >= 4 is 11.8 Å². The molecule has 98 valence electrons.